The van der Waals surface area contributed by atoms with E-state index in [0.717, 1.165) is 57.8 Å². The largest absolute Gasteiger partial charge is 0.466 e. The number of carbonyl (C=O) groups excluding carboxylic acids is 2. The molecule has 1 atom stereocenters. The minimum Gasteiger partial charge on any atom is -0.466 e. The Morgan fingerprint density at radius 1 is 0.362 bits per heavy atom. The van der Waals surface area contributed by atoms with Gasteiger partial charge in [-0.25, -0.2) is 0 Å². The number of rotatable bonds is 49. The predicted molar refractivity (Wildman–Crippen MR) is 255 cm³/mol. The molecule has 0 radical (unpaired) electrons. The van der Waals surface area contributed by atoms with Crippen molar-refractivity contribution >= 4 is 11.9 Å². The summed E-state index contributed by atoms with van der Waals surface area (Å²) in [6.45, 7) is 7.42. The van der Waals surface area contributed by atoms with Crippen LogP contribution >= 0.6 is 0 Å². The number of unbranched alkanes of at least 4 members (excludes halogenated alkanes) is 37. The molecule has 0 unspecified atom stereocenters. The van der Waals surface area contributed by atoms with Gasteiger partial charge in [0.1, 0.15) is 6.10 Å². The van der Waals surface area contributed by atoms with Gasteiger partial charge in [-0.1, -0.05) is 258 Å². The van der Waals surface area contributed by atoms with Gasteiger partial charge in [-0.3, -0.25) is 9.59 Å². The Kier molecular flexibility index (Phi) is 48.9. The van der Waals surface area contributed by atoms with Crippen LogP contribution in [-0.2, 0) is 19.1 Å². The highest BCUT2D eigenvalue weighted by Crippen LogP contribution is 2.18. The number of carbonyl (C=O) groups is 2. The van der Waals surface area contributed by atoms with Gasteiger partial charge in [0, 0.05) is 19.3 Å². The third kappa shape index (κ3) is 47.4. The highest BCUT2D eigenvalue weighted by atomic mass is 16.5. The summed E-state index contributed by atoms with van der Waals surface area (Å²) in [6, 6.07) is 0. The molecular weight excluding hydrogens is 713 g/mol. The molecule has 0 aromatic rings. The Hall–Kier alpha value is -1.32. The van der Waals surface area contributed by atoms with Crippen LogP contribution in [-0.4, -0.2) is 24.6 Å². The lowest BCUT2D eigenvalue weighted by Gasteiger charge is -2.16. The molecule has 0 bridgehead atoms. The molecule has 0 aromatic carbocycles. The van der Waals surface area contributed by atoms with Crippen molar-refractivity contribution in [1.29, 1.82) is 0 Å². The van der Waals surface area contributed by atoms with Crippen LogP contribution in [0.5, 0.6) is 0 Å². The van der Waals surface area contributed by atoms with Gasteiger partial charge in [0.05, 0.1) is 6.61 Å². The van der Waals surface area contributed by atoms with Crippen molar-refractivity contribution in [1.82, 2.24) is 0 Å². The molecule has 0 rings (SSSR count). The van der Waals surface area contributed by atoms with Crippen molar-refractivity contribution in [2.45, 2.75) is 316 Å². The molecule has 0 spiro atoms. The zero-order valence-corrected chi connectivity index (χ0v) is 39.9. The lowest BCUT2D eigenvalue weighted by atomic mass is 10.0. The monoisotopic (exact) mass is 817 g/mol. The number of hydrogen-bond acceptors (Lipinski definition) is 4. The Morgan fingerprint density at radius 3 is 1.10 bits per heavy atom. The third-order valence-electron chi connectivity index (χ3n) is 12.2. The number of esters is 2. The van der Waals surface area contributed by atoms with Crippen LogP contribution in [0.15, 0.2) is 12.2 Å². The van der Waals surface area contributed by atoms with Crippen molar-refractivity contribution in [2.75, 3.05) is 6.61 Å². The molecule has 0 N–H and O–H groups in total. The van der Waals surface area contributed by atoms with Crippen molar-refractivity contribution in [2.24, 2.45) is 0 Å². The topological polar surface area (TPSA) is 52.6 Å². The number of allylic oxidation sites excluding steroid dienone is 1. The zero-order valence-electron chi connectivity index (χ0n) is 39.9. The zero-order chi connectivity index (χ0) is 42.1. The molecule has 0 aliphatic carbocycles. The van der Waals surface area contributed by atoms with Crippen LogP contribution in [0.25, 0.3) is 0 Å². The second-order valence-electron chi connectivity index (χ2n) is 18.2. The molecule has 0 saturated carbocycles. The number of ether oxygens (including phenoxy) is 2. The van der Waals surface area contributed by atoms with Crippen LogP contribution in [0.3, 0.4) is 0 Å². The molecule has 4 heteroatoms. The van der Waals surface area contributed by atoms with Crippen molar-refractivity contribution in [3.8, 4) is 0 Å². The minimum absolute atomic E-state index is 0.00712. The highest BCUT2D eigenvalue weighted by Gasteiger charge is 2.13. The maximum atomic E-state index is 12.7. The van der Waals surface area contributed by atoms with E-state index >= 15 is 0 Å². The average Bonchev–Trinajstić information content (AvgIpc) is 3.22. The molecule has 58 heavy (non-hydrogen) atoms. The summed E-state index contributed by atoms with van der Waals surface area (Å²) in [5.41, 5.74) is 0. The average molecular weight is 817 g/mol. The Morgan fingerprint density at radius 2 is 0.690 bits per heavy atom. The summed E-state index contributed by atoms with van der Waals surface area (Å²) in [5.74, 6) is -0.00339. The summed E-state index contributed by atoms with van der Waals surface area (Å²) in [4.78, 5) is 24.8. The van der Waals surface area contributed by atoms with E-state index < -0.39 is 0 Å². The normalized spacial score (nSPS) is 12.1. The van der Waals surface area contributed by atoms with Crippen LogP contribution in [0.2, 0.25) is 0 Å². The van der Waals surface area contributed by atoms with Gasteiger partial charge < -0.3 is 9.47 Å². The van der Waals surface area contributed by atoms with Gasteiger partial charge in [-0.2, -0.15) is 0 Å². The van der Waals surface area contributed by atoms with Gasteiger partial charge in [0.25, 0.3) is 0 Å². The highest BCUT2D eigenvalue weighted by molar-refractivity contribution is 5.69. The lowest BCUT2D eigenvalue weighted by Crippen LogP contribution is -2.17. The maximum absolute atomic E-state index is 12.7. The maximum Gasteiger partial charge on any atom is 0.306 e. The minimum atomic E-state index is -0.0105. The Bertz CT molecular complexity index is 837. The van der Waals surface area contributed by atoms with Crippen molar-refractivity contribution < 1.29 is 19.1 Å². The Balaban J connectivity index is 3.73. The van der Waals surface area contributed by atoms with Gasteiger partial charge in [0.2, 0.25) is 0 Å². The molecule has 0 aliphatic rings. The quantitative estimate of drug-likeness (QED) is 0.0349. The summed E-state index contributed by atoms with van der Waals surface area (Å²) in [5, 5.41) is 0. The first-order chi connectivity index (χ1) is 28.6. The van der Waals surface area contributed by atoms with Crippen molar-refractivity contribution in [3.63, 3.8) is 0 Å². The molecule has 0 aliphatic heterocycles. The lowest BCUT2D eigenvalue weighted by molar-refractivity contribution is -0.149. The summed E-state index contributed by atoms with van der Waals surface area (Å²) >= 11 is 0. The van der Waals surface area contributed by atoms with Crippen LogP contribution < -0.4 is 0 Å². The van der Waals surface area contributed by atoms with E-state index in [1.165, 1.54) is 218 Å². The van der Waals surface area contributed by atoms with E-state index in [2.05, 4.69) is 32.9 Å². The summed E-state index contributed by atoms with van der Waals surface area (Å²) in [6.07, 6.45) is 60.9. The van der Waals surface area contributed by atoms with E-state index in [1.807, 2.05) is 0 Å². The second kappa shape index (κ2) is 50.0. The van der Waals surface area contributed by atoms with Gasteiger partial charge in [-0.05, 0) is 44.9 Å². The Labute approximate surface area is 364 Å². The predicted octanol–water partition coefficient (Wildman–Crippen LogP) is 18.6. The SMILES string of the molecule is CCCCCCCCCCCCCCCCCCOC(=O)CCCCCCC/C=C/C[C@@H](CCCCCC)OC(=O)CCCCCCCCCCCCCCCCC. The van der Waals surface area contributed by atoms with Crippen LogP contribution in [0, 0.1) is 0 Å². The molecule has 344 valence electrons. The second-order valence-corrected chi connectivity index (χ2v) is 18.2. The van der Waals surface area contributed by atoms with E-state index in [1.54, 1.807) is 0 Å². The fourth-order valence-electron chi connectivity index (χ4n) is 8.25. The molecule has 0 aromatic heterocycles. The van der Waals surface area contributed by atoms with Crippen LogP contribution in [0.4, 0.5) is 0 Å². The summed E-state index contributed by atoms with van der Waals surface area (Å²) in [7, 11) is 0. The van der Waals surface area contributed by atoms with E-state index in [9.17, 15) is 9.59 Å². The first-order valence-corrected chi connectivity index (χ1v) is 26.6. The van der Waals surface area contributed by atoms with Crippen molar-refractivity contribution in [3.05, 3.63) is 12.2 Å². The first kappa shape index (κ1) is 56.7. The fourth-order valence-corrected chi connectivity index (χ4v) is 8.25. The van der Waals surface area contributed by atoms with E-state index in [4.69, 9.17) is 9.47 Å². The molecule has 0 fully saturated rings. The fraction of sp³-hybridized carbons (Fsp3) is 0.926. The van der Waals surface area contributed by atoms with Crippen LogP contribution in [0.1, 0.15) is 310 Å². The van der Waals surface area contributed by atoms with Gasteiger partial charge in [0.15, 0.2) is 0 Å². The van der Waals surface area contributed by atoms with E-state index in [-0.39, 0.29) is 18.0 Å². The van der Waals surface area contributed by atoms with E-state index in [0.29, 0.717) is 19.4 Å². The number of hydrogen-bond donors (Lipinski definition) is 0. The summed E-state index contributed by atoms with van der Waals surface area (Å²) < 4.78 is 11.5. The molecule has 4 nitrogen and oxygen atoms in total. The molecular formula is C54H104O4. The smallest absolute Gasteiger partial charge is 0.306 e. The van der Waals surface area contributed by atoms with Gasteiger partial charge in [-0.15, -0.1) is 0 Å². The first-order valence-electron chi connectivity index (χ1n) is 26.6. The molecule has 0 saturated heterocycles. The molecule has 0 heterocycles. The standard InChI is InChI=1S/C54H104O4/c1-4-7-10-13-15-17-19-21-23-25-27-29-33-37-41-46-51-57-53(55)49-44-39-35-32-31-34-38-43-48-52(47-42-12-9-6-3)58-54(56)50-45-40-36-30-28-26-24-22-20-18-16-14-11-8-5-2/h38,43,52H,4-37,39-42,44-51H2,1-3H3/b43-38+/t52-/m1/s1. The molecule has 0 amide bonds. The third-order valence-corrected chi connectivity index (χ3v) is 12.2. The van der Waals surface area contributed by atoms with Gasteiger partial charge >= 0.3 is 11.9 Å².